The first-order valence-corrected chi connectivity index (χ1v) is 6.88. The van der Waals surface area contributed by atoms with E-state index in [9.17, 15) is 4.79 Å². The molecule has 96 valence electrons. The van der Waals surface area contributed by atoms with Crippen LogP contribution < -0.4 is 10.6 Å². The van der Waals surface area contributed by atoms with Crippen molar-refractivity contribution < 1.29 is 4.79 Å². The van der Waals surface area contributed by atoms with Crippen molar-refractivity contribution in [1.29, 1.82) is 0 Å². The molecule has 0 aliphatic carbocycles. The van der Waals surface area contributed by atoms with Gasteiger partial charge in [-0.05, 0) is 19.9 Å². The molecule has 1 aromatic rings. The summed E-state index contributed by atoms with van der Waals surface area (Å²) in [6.45, 7) is 9.64. The maximum absolute atomic E-state index is 11.8. The number of hydrogen-bond acceptors (Lipinski definition) is 4. The number of nitrogens with one attached hydrogen (secondary N) is 2. The molecule has 0 aliphatic rings. The lowest BCUT2D eigenvalue weighted by atomic mass is 10.1. The molecule has 1 unspecified atom stereocenters. The SMILES string of the molecule is CCNCC(C)C(=O)Nc1nc(CC)c(C)s1. The van der Waals surface area contributed by atoms with Crippen molar-refractivity contribution >= 4 is 22.4 Å². The predicted octanol–water partition coefficient (Wildman–Crippen LogP) is 2.20. The fraction of sp³-hybridized carbons (Fsp3) is 0.667. The highest BCUT2D eigenvalue weighted by Crippen LogP contribution is 2.22. The van der Waals surface area contributed by atoms with Crippen molar-refractivity contribution in [2.45, 2.75) is 34.1 Å². The van der Waals surface area contributed by atoms with Crippen LogP contribution in [-0.4, -0.2) is 24.0 Å². The Bertz CT molecular complexity index is 376. The van der Waals surface area contributed by atoms with Gasteiger partial charge in [0.25, 0.3) is 0 Å². The zero-order chi connectivity index (χ0) is 12.8. The van der Waals surface area contributed by atoms with Gasteiger partial charge in [-0.2, -0.15) is 0 Å². The number of anilines is 1. The van der Waals surface area contributed by atoms with Crippen LogP contribution in [0.5, 0.6) is 0 Å². The third kappa shape index (κ3) is 4.09. The summed E-state index contributed by atoms with van der Waals surface area (Å²) in [5, 5.41) is 6.75. The van der Waals surface area contributed by atoms with E-state index in [1.807, 2.05) is 20.8 Å². The molecule has 1 aromatic heterocycles. The summed E-state index contributed by atoms with van der Waals surface area (Å²) >= 11 is 1.55. The predicted molar refractivity (Wildman–Crippen MR) is 72.6 cm³/mol. The average molecular weight is 255 g/mol. The Labute approximate surface area is 107 Å². The van der Waals surface area contributed by atoms with Crippen molar-refractivity contribution in [2.24, 2.45) is 5.92 Å². The maximum atomic E-state index is 11.8. The van der Waals surface area contributed by atoms with Gasteiger partial charge in [0.1, 0.15) is 0 Å². The van der Waals surface area contributed by atoms with Crippen molar-refractivity contribution in [3.8, 4) is 0 Å². The molecule has 17 heavy (non-hydrogen) atoms. The van der Waals surface area contributed by atoms with Crippen molar-refractivity contribution in [3.63, 3.8) is 0 Å². The van der Waals surface area contributed by atoms with Crippen LogP contribution in [0.3, 0.4) is 0 Å². The summed E-state index contributed by atoms with van der Waals surface area (Å²) in [6.07, 6.45) is 0.908. The normalized spacial score (nSPS) is 12.5. The number of amides is 1. The zero-order valence-corrected chi connectivity index (χ0v) is 11.8. The number of hydrogen-bond donors (Lipinski definition) is 2. The number of thiazole rings is 1. The highest BCUT2D eigenvalue weighted by Gasteiger charge is 2.14. The van der Waals surface area contributed by atoms with Gasteiger partial charge < -0.3 is 10.6 Å². The van der Waals surface area contributed by atoms with Crippen molar-refractivity contribution in [1.82, 2.24) is 10.3 Å². The highest BCUT2D eigenvalue weighted by molar-refractivity contribution is 7.15. The summed E-state index contributed by atoms with van der Waals surface area (Å²) in [5.41, 5.74) is 1.07. The Kier molecular flexibility index (Phi) is 5.58. The number of rotatable bonds is 6. The molecule has 0 spiro atoms. The first-order chi connectivity index (χ1) is 8.08. The van der Waals surface area contributed by atoms with Crippen molar-refractivity contribution in [3.05, 3.63) is 10.6 Å². The number of aryl methyl sites for hydroxylation is 2. The number of carbonyl (C=O) groups is 1. The lowest BCUT2D eigenvalue weighted by Crippen LogP contribution is -2.30. The van der Waals surface area contributed by atoms with E-state index in [1.165, 1.54) is 4.88 Å². The molecule has 4 nitrogen and oxygen atoms in total. The summed E-state index contributed by atoms with van der Waals surface area (Å²) in [7, 11) is 0. The van der Waals surface area contributed by atoms with Gasteiger partial charge in [0.2, 0.25) is 5.91 Å². The van der Waals surface area contributed by atoms with E-state index in [2.05, 4.69) is 22.5 Å². The van der Waals surface area contributed by atoms with E-state index in [-0.39, 0.29) is 11.8 Å². The zero-order valence-electron chi connectivity index (χ0n) is 11.0. The number of nitrogens with zero attached hydrogens (tertiary/aromatic N) is 1. The third-order valence-electron chi connectivity index (χ3n) is 2.61. The molecule has 0 aromatic carbocycles. The molecule has 2 N–H and O–H groups in total. The third-order valence-corrected chi connectivity index (χ3v) is 3.53. The molecular weight excluding hydrogens is 234 g/mol. The maximum Gasteiger partial charge on any atom is 0.230 e. The molecule has 0 fully saturated rings. The minimum absolute atomic E-state index is 0.0300. The second-order valence-electron chi connectivity index (χ2n) is 4.07. The van der Waals surface area contributed by atoms with Gasteiger partial charge in [0.15, 0.2) is 5.13 Å². The molecule has 1 atom stereocenters. The second-order valence-corrected chi connectivity index (χ2v) is 5.28. The molecular formula is C12H21N3OS. The van der Waals surface area contributed by atoms with E-state index >= 15 is 0 Å². The number of aromatic nitrogens is 1. The van der Waals surface area contributed by atoms with Gasteiger partial charge in [-0.15, -0.1) is 11.3 Å². The van der Waals surface area contributed by atoms with E-state index in [4.69, 9.17) is 0 Å². The van der Waals surface area contributed by atoms with Gasteiger partial charge in [-0.25, -0.2) is 4.98 Å². The lowest BCUT2D eigenvalue weighted by molar-refractivity contribution is -0.119. The van der Waals surface area contributed by atoms with E-state index in [0.29, 0.717) is 11.7 Å². The van der Waals surface area contributed by atoms with Gasteiger partial charge in [-0.1, -0.05) is 20.8 Å². The Balaban J connectivity index is 2.55. The fourth-order valence-corrected chi connectivity index (χ4v) is 2.40. The van der Waals surface area contributed by atoms with Crippen LogP contribution in [0.2, 0.25) is 0 Å². The number of carbonyl (C=O) groups excluding carboxylic acids is 1. The Morgan fingerprint density at radius 1 is 1.47 bits per heavy atom. The minimum Gasteiger partial charge on any atom is -0.316 e. The quantitative estimate of drug-likeness (QED) is 0.819. The van der Waals surface area contributed by atoms with E-state index in [0.717, 1.165) is 18.7 Å². The molecule has 1 rings (SSSR count). The summed E-state index contributed by atoms with van der Waals surface area (Å²) in [4.78, 5) is 17.4. The van der Waals surface area contributed by atoms with Gasteiger partial charge in [0, 0.05) is 17.3 Å². The first-order valence-electron chi connectivity index (χ1n) is 6.06. The van der Waals surface area contributed by atoms with Gasteiger partial charge >= 0.3 is 0 Å². The van der Waals surface area contributed by atoms with E-state index in [1.54, 1.807) is 11.3 Å². The lowest BCUT2D eigenvalue weighted by Gasteiger charge is -2.10. The van der Waals surface area contributed by atoms with Gasteiger partial charge in [0.05, 0.1) is 5.69 Å². The summed E-state index contributed by atoms with van der Waals surface area (Å²) in [5.74, 6) is -0.00779. The van der Waals surface area contributed by atoms with Crippen LogP contribution in [-0.2, 0) is 11.2 Å². The monoisotopic (exact) mass is 255 g/mol. The molecule has 0 bridgehead atoms. The van der Waals surface area contributed by atoms with Crippen LogP contribution in [0.25, 0.3) is 0 Å². The van der Waals surface area contributed by atoms with Gasteiger partial charge in [-0.3, -0.25) is 4.79 Å². The van der Waals surface area contributed by atoms with Crippen LogP contribution >= 0.6 is 11.3 Å². The Hall–Kier alpha value is -0.940. The van der Waals surface area contributed by atoms with Crippen LogP contribution in [0, 0.1) is 12.8 Å². The van der Waals surface area contributed by atoms with E-state index < -0.39 is 0 Å². The van der Waals surface area contributed by atoms with Crippen LogP contribution in [0.4, 0.5) is 5.13 Å². The Morgan fingerprint density at radius 3 is 2.71 bits per heavy atom. The first kappa shape index (κ1) is 14.1. The molecule has 0 saturated heterocycles. The largest absolute Gasteiger partial charge is 0.316 e. The average Bonchev–Trinajstić information content (AvgIpc) is 2.66. The minimum atomic E-state index is -0.0377. The summed E-state index contributed by atoms with van der Waals surface area (Å²) in [6, 6.07) is 0. The molecule has 0 radical (unpaired) electrons. The smallest absolute Gasteiger partial charge is 0.230 e. The molecule has 1 heterocycles. The van der Waals surface area contributed by atoms with Crippen LogP contribution in [0.1, 0.15) is 31.3 Å². The molecule has 0 aliphatic heterocycles. The second kappa shape index (κ2) is 6.71. The molecule has 1 amide bonds. The standard InChI is InChI=1S/C12H21N3OS/c1-5-10-9(4)17-12(14-10)15-11(16)8(3)7-13-6-2/h8,13H,5-7H2,1-4H3,(H,14,15,16). The molecule has 0 saturated carbocycles. The fourth-order valence-electron chi connectivity index (χ4n) is 1.49. The van der Waals surface area contributed by atoms with Crippen LogP contribution in [0.15, 0.2) is 0 Å². The molecule has 5 heteroatoms. The highest BCUT2D eigenvalue weighted by atomic mass is 32.1. The Morgan fingerprint density at radius 2 is 2.18 bits per heavy atom. The van der Waals surface area contributed by atoms with Crippen molar-refractivity contribution in [2.75, 3.05) is 18.4 Å². The summed E-state index contributed by atoms with van der Waals surface area (Å²) < 4.78 is 0. The topological polar surface area (TPSA) is 54.0 Å².